The summed E-state index contributed by atoms with van der Waals surface area (Å²) < 4.78 is 0. The van der Waals surface area contributed by atoms with Gasteiger partial charge in [-0.15, -0.1) is 11.3 Å². The second-order valence-electron chi connectivity index (χ2n) is 7.35. The van der Waals surface area contributed by atoms with Crippen LogP contribution in [0, 0.1) is 24.2 Å². The Bertz CT molecular complexity index is 958. The molecule has 0 radical (unpaired) electrons. The third-order valence-corrected chi connectivity index (χ3v) is 6.23. The van der Waals surface area contributed by atoms with Crippen molar-refractivity contribution in [1.82, 2.24) is 9.97 Å². The highest BCUT2D eigenvalue weighted by atomic mass is 32.1. The Balaban J connectivity index is 1.74. The molecule has 27 heavy (non-hydrogen) atoms. The zero-order valence-electron chi connectivity index (χ0n) is 15.6. The number of fused-ring (bicyclic) bond motifs is 2. The number of amides is 1. The van der Waals surface area contributed by atoms with Crippen LogP contribution in [0.5, 0.6) is 0 Å². The first-order valence-corrected chi connectivity index (χ1v) is 10.1. The van der Waals surface area contributed by atoms with Crippen LogP contribution in [0.2, 0.25) is 0 Å². The minimum Gasteiger partial charge on any atom is -0.356 e. The van der Waals surface area contributed by atoms with Crippen molar-refractivity contribution < 1.29 is 4.79 Å². The van der Waals surface area contributed by atoms with Crippen LogP contribution in [-0.4, -0.2) is 21.9 Å². The third-order valence-electron chi connectivity index (χ3n) is 5.03. The Morgan fingerprint density at radius 2 is 2.07 bits per heavy atom. The van der Waals surface area contributed by atoms with Gasteiger partial charge in [-0.1, -0.05) is 13.8 Å². The van der Waals surface area contributed by atoms with Crippen LogP contribution in [0.1, 0.15) is 48.5 Å². The number of nitriles is 1. The van der Waals surface area contributed by atoms with Crippen LogP contribution in [0.4, 0.5) is 22.3 Å². The summed E-state index contributed by atoms with van der Waals surface area (Å²) in [5.41, 5.74) is 2.41. The second-order valence-corrected chi connectivity index (χ2v) is 8.46. The van der Waals surface area contributed by atoms with Crippen LogP contribution >= 0.6 is 11.3 Å². The molecule has 1 unspecified atom stereocenters. The first-order valence-electron chi connectivity index (χ1n) is 9.25. The van der Waals surface area contributed by atoms with Crippen molar-refractivity contribution in [3.63, 3.8) is 0 Å². The number of thiophene rings is 1. The number of carbonyl (C=O) groups is 1. The van der Waals surface area contributed by atoms with Crippen molar-refractivity contribution in [3.8, 4) is 6.07 Å². The summed E-state index contributed by atoms with van der Waals surface area (Å²) in [4.78, 5) is 22.7. The second kappa shape index (κ2) is 6.82. The molecular formula is C19H22N6OS. The summed E-state index contributed by atoms with van der Waals surface area (Å²) in [7, 11) is 0. The Hall–Kier alpha value is -2.66. The zero-order chi connectivity index (χ0) is 19.1. The lowest BCUT2D eigenvalue weighted by Crippen LogP contribution is -2.43. The van der Waals surface area contributed by atoms with E-state index in [9.17, 15) is 10.1 Å². The standard InChI is InChI=1S/C19H22N6OS/c1-9(2)14-18(26)24-15-16(23-14)21-10(3)22-17(15)25-19-12(8-20)11-6-4-5-7-13(11)27-19/h9,14H,4-7H2,1-3H3,(H,24,26)(H2,21,22,23,25). The average Bonchev–Trinajstić information content (AvgIpc) is 2.98. The molecule has 0 saturated carbocycles. The minimum atomic E-state index is -0.330. The predicted octanol–water partition coefficient (Wildman–Crippen LogP) is 3.73. The topological polar surface area (TPSA) is 103 Å². The minimum absolute atomic E-state index is 0.0982. The van der Waals surface area contributed by atoms with Gasteiger partial charge in [0.25, 0.3) is 0 Å². The summed E-state index contributed by atoms with van der Waals surface area (Å²) in [5.74, 6) is 1.78. The van der Waals surface area contributed by atoms with Crippen molar-refractivity contribution in [2.24, 2.45) is 5.92 Å². The Labute approximate surface area is 162 Å². The summed E-state index contributed by atoms with van der Waals surface area (Å²) in [6, 6.07) is 2.02. The number of nitrogens with one attached hydrogen (secondary N) is 3. The fourth-order valence-corrected chi connectivity index (χ4v) is 4.89. The molecule has 4 rings (SSSR count). The molecule has 0 fully saturated rings. The molecule has 0 bridgehead atoms. The van der Waals surface area contributed by atoms with E-state index in [-0.39, 0.29) is 17.9 Å². The molecule has 0 aromatic carbocycles. The number of anilines is 4. The van der Waals surface area contributed by atoms with Gasteiger partial charge in [0.1, 0.15) is 28.6 Å². The van der Waals surface area contributed by atoms with Crippen molar-refractivity contribution in [3.05, 3.63) is 21.8 Å². The summed E-state index contributed by atoms with van der Waals surface area (Å²) in [5, 5.41) is 19.9. The summed E-state index contributed by atoms with van der Waals surface area (Å²) in [6.07, 6.45) is 4.25. The van der Waals surface area contributed by atoms with E-state index in [1.165, 1.54) is 4.88 Å². The number of hydrogen-bond donors (Lipinski definition) is 3. The van der Waals surface area contributed by atoms with Crippen molar-refractivity contribution in [2.45, 2.75) is 52.5 Å². The van der Waals surface area contributed by atoms with Crippen LogP contribution in [-0.2, 0) is 17.6 Å². The maximum absolute atomic E-state index is 12.5. The SMILES string of the molecule is Cc1nc(Nc2sc3c(c2C#N)CCCC3)c2c(n1)NC(C(C)C)C(=O)N2. The Morgan fingerprint density at radius 3 is 2.81 bits per heavy atom. The van der Waals surface area contributed by atoms with E-state index < -0.39 is 0 Å². The van der Waals surface area contributed by atoms with Gasteiger partial charge >= 0.3 is 0 Å². The fourth-order valence-electron chi connectivity index (χ4n) is 3.65. The molecule has 1 aliphatic heterocycles. The molecule has 0 spiro atoms. The van der Waals surface area contributed by atoms with Crippen LogP contribution in [0.15, 0.2) is 0 Å². The van der Waals surface area contributed by atoms with Gasteiger partial charge in [-0.2, -0.15) is 5.26 Å². The number of aromatic nitrogens is 2. The highest BCUT2D eigenvalue weighted by Crippen LogP contribution is 2.41. The van der Waals surface area contributed by atoms with Gasteiger partial charge in [-0.25, -0.2) is 9.97 Å². The fraction of sp³-hybridized carbons (Fsp3) is 0.474. The molecule has 2 aromatic heterocycles. The van der Waals surface area contributed by atoms with E-state index in [1.54, 1.807) is 11.3 Å². The lowest BCUT2D eigenvalue weighted by molar-refractivity contribution is -0.117. The lowest BCUT2D eigenvalue weighted by Gasteiger charge is -2.29. The average molecular weight is 382 g/mol. The first kappa shape index (κ1) is 17.7. The van der Waals surface area contributed by atoms with Gasteiger partial charge in [0.15, 0.2) is 11.6 Å². The van der Waals surface area contributed by atoms with E-state index in [2.05, 4.69) is 32.0 Å². The van der Waals surface area contributed by atoms with Crippen molar-refractivity contribution >= 4 is 39.6 Å². The molecule has 1 atom stereocenters. The van der Waals surface area contributed by atoms with Crippen molar-refractivity contribution in [1.29, 1.82) is 5.26 Å². The molecular weight excluding hydrogens is 360 g/mol. The van der Waals surface area contributed by atoms with Gasteiger partial charge in [0.05, 0.1) is 5.56 Å². The highest BCUT2D eigenvalue weighted by molar-refractivity contribution is 7.16. The van der Waals surface area contributed by atoms with E-state index in [0.717, 1.165) is 36.2 Å². The molecule has 140 valence electrons. The number of nitrogens with zero attached hydrogens (tertiary/aromatic N) is 3. The van der Waals surface area contributed by atoms with E-state index >= 15 is 0 Å². The van der Waals surface area contributed by atoms with E-state index in [1.807, 2.05) is 20.8 Å². The van der Waals surface area contributed by atoms with E-state index in [0.29, 0.717) is 28.7 Å². The molecule has 1 aliphatic carbocycles. The van der Waals surface area contributed by atoms with Gasteiger partial charge < -0.3 is 16.0 Å². The van der Waals surface area contributed by atoms with E-state index in [4.69, 9.17) is 0 Å². The molecule has 3 N–H and O–H groups in total. The highest BCUT2D eigenvalue weighted by Gasteiger charge is 2.31. The quantitative estimate of drug-likeness (QED) is 0.747. The van der Waals surface area contributed by atoms with Crippen molar-refractivity contribution in [2.75, 3.05) is 16.0 Å². The first-order chi connectivity index (χ1) is 13.0. The monoisotopic (exact) mass is 382 g/mol. The number of carbonyl (C=O) groups excluding carboxylic acids is 1. The van der Waals surface area contributed by atoms with Gasteiger partial charge in [0, 0.05) is 4.88 Å². The van der Waals surface area contributed by atoms with Crippen LogP contribution in [0.3, 0.4) is 0 Å². The zero-order valence-corrected chi connectivity index (χ0v) is 16.5. The van der Waals surface area contributed by atoms with Gasteiger partial charge in [0.2, 0.25) is 5.91 Å². The lowest BCUT2D eigenvalue weighted by atomic mass is 9.96. The van der Waals surface area contributed by atoms with Crippen LogP contribution in [0.25, 0.3) is 0 Å². The maximum Gasteiger partial charge on any atom is 0.247 e. The smallest absolute Gasteiger partial charge is 0.247 e. The summed E-state index contributed by atoms with van der Waals surface area (Å²) in [6.45, 7) is 5.80. The summed E-state index contributed by atoms with van der Waals surface area (Å²) >= 11 is 1.62. The predicted molar refractivity (Wildman–Crippen MR) is 107 cm³/mol. The largest absolute Gasteiger partial charge is 0.356 e. The molecule has 8 heteroatoms. The Kier molecular flexibility index (Phi) is 4.48. The molecule has 1 amide bonds. The van der Waals surface area contributed by atoms with Gasteiger partial charge in [-0.05, 0) is 44.1 Å². The normalized spacial score (nSPS) is 18.2. The number of hydrogen-bond acceptors (Lipinski definition) is 7. The van der Waals surface area contributed by atoms with Gasteiger partial charge in [-0.3, -0.25) is 4.79 Å². The number of aryl methyl sites for hydroxylation is 2. The number of rotatable bonds is 3. The molecule has 7 nitrogen and oxygen atoms in total. The molecule has 2 aliphatic rings. The Morgan fingerprint density at radius 1 is 1.30 bits per heavy atom. The molecule has 3 heterocycles. The van der Waals surface area contributed by atoms with Crippen LogP contribution < -0.4 is 16.0 Å². The molecule has 2 aromatic rings. The maximum atomic E-state index is 12.5. The third kappa shape index (κ3) is 3.12. The molecule has 0 saturated heterocycles.